The Labute approximate surface area is 163 Å². The molecule has 0 aromatic heterocycles. The lowest BCUT2D eigenvalue weighted by atomic mass is 10.2. The number of carbonyl (C=O) groups excluding carboxylic acids is 2. The first kappa shape index (κ1) is 20.7. The molecule has 0 saturated carbocycles. The first-order valence-electron chi connectivity index (χ1n) is 7.92. The maximum absolute atomic E-state index is 13.1. The van der Waals surface area contributed by atoms with E-state index < -0.39 is 22.6 Å². The van der Waals surface area contributed by atoms with Gasteiger partial charge in [0, 0.05) is 0 Å². The smallest absolute Gasteiger partial charge is 0.340 e. The second-order valence-corrected chi connectivity index (χ2v) is 7.85. The average molecular weight is 408 g/mol. The van der Waals surface area contributed by atoms with Crippen LogP contribution in [0.15, 0.2) is 66.1 Å². The molecule has 0 radical (unpaired) electrons. The lowest BCUT2D eigenvalue weighted by Crippen LogP contribution is -2.31. The molecule has 2 aromatic rings. The number of ketones is 1. The Kier molecular flexibility index (Phi) is 6.76. The predicted molar refractivity (Wildman–Crippen MR) is 104 cm³/mol. The summed E-state index contributed by atoms with van der Waals surface area (Å²) in [5.74, 6) is -1.22. The molecule has 0 unspecified atom stereocenters. The van der Waals surface area contributed by atoms with E-state index in [-0.39, 0.29) is 27.8 Å². The van der Waals surface area contributed by atoms with Crippen molar-refractivity contribution in [3.05, 3.63) is 71.8 Å². The zero-order valence-electron chi connectivity index (χ0n) is 14.6. The van der Waals surface area contributed by atoms with Gasteiger partial charge in [0.25, 0.3) is 10.0 Å². The quantitative estimate of drug-likeness (QED) is 0.494. The van der Waals surface area contributed by atoms with E-state index in [2.05, 4.69) is 6.58 Å². The molecular formula is C19H18ClNO5S. The van der Waals surface area contributed by atoms with Crippen molar-refractivity contribution in [1.29, 1.82) is 0 Å². The Morgan fingerprint density at radius 3 is 2.44 bits per heavy atom. The van der Waals surface area contributed by atoms with Crippen molar-refractivity contribution in [1.82, 2.24) is 0 Å². The van der Waals surface area contributed by atoms with E-state index in [0.29, 0.717) is 5.69 Å². The highest BCUT2D eigenvalue weighted by Crippen LogP contribution is 2.27. The molecule has 0 saturated heterocycles. The fourth-order valence-corrected chi connectivity index (χ4v) is 3.90. The van der Waals surface area contributed by atoms with Crippen LogP contribution < -0.4 is 4.31 Å². The number of sulfonamides is 1. The predicted octanol–water partition coefficient (Wildman–Crippen LogP) is 3.47. The van der Waals surface area contributed by atoms with Crippen LogP contribution in [0.1, 0.15) is 17.3 Å². The standard InChI is InChI=1S/C19H18ClNO5S/c1-3-11-21(15-7-5-4-6-8-15)27(24,25)16-9-10-18(20)17(12-16)19(23)26-13-14(2)22/h3-10,12H,1,11,13H2,2H3. The zero-order chi connectivity index (χ0) is 20.0. The number of ether oxygens (including phenoxy) is 1. The Bertz CT molecular complexity index is 957. The van der Waals surface area contributed by atoms with Crippen LogP contribution in [0.3, 0.4) is 0 Å². The molecule has 6 nitrogen and oxygen atoms in total. The van der Waals surface area contributed by atoms with Crippen molar-refractivity contribution in [2.75, 3.05) is 17.5 Å². The zero-order valence-corrected chi connectivity index (χ0v) is 16.2. The van der Waals surface area contributed by atoms with Crippen molar-refractivity contribution in [3.8, 4) is 0 Å². The number of hydrogen-bond acceptors (Lipinski definition) is 5. The molecule has 0 aliphatic carbocycles. The highest BCUT2D eigenvalue weighted by atomic mass is 35.5. The summed E-state index contributed by atoms with van der Waals surface area (Å²) in [5, 5.41) is 0.0254. The number of nitrogens with zero attached hydrogens (tertiary/aromatic N) is 1. The molecule has 0 fully saturated rings. The van der Waals surface area contributed by atoms with E-state index >= 15 is 0 Å². The van der Waals surface area contributed by atoms with Crippen molar-refractivity contribution in [2.45, 2.75) is 11.8 Å². The normalized spacial score (nSPS) is 10.9. The molecule has 8 heteroatoms. The summed E-state index contributed by atoms with van der Waals surface area (Å²) in [5.41, 5.74) is 0.318. The van der Waals surface area contributed by atoms with Crippen molar-refractivity contribution in [3.63, 3.8) is 0 Å². The summed E-state index contributed by atoms with van der Waals surface area (Å²) < 4.78 is 32.2. The number of anilines is 1. The second-order valence-electron chi connectivity index (χ2n) is 5.58. The van der Waals surface area contributed by atoms with E-state index in [9.17, 15) is 18.0 Å². The van der Waals surface area contributed by atoms with Crippen LogP contribution in [-0.2, 0) is 19.6 Å². The third-order valence-electron chi connectivity index (χ3n) is 3.49. The van der Waals surface area contributed by atoms with Crippen LogP contribution >= 0.6 is 11.6 Å². The average Bonchev–Trinajstić information content (AvgIpc) is 2.64. The highest BCUT2D eigenvalue weighted by Gasteiger charge is 2.26. The number of halogens is 1. The summed E-state index contributed by atoms with van der Waals surface area (Å²) in [6.07, 6.45) is 1.46. The largest absolute Gasteiger partial charge is 0.454 e. The van der Waals surface area contributed by atoms with Crippen LogP contribution in [0.4, 0.5) is 5.69 Å². The molecule has 0 N–H and O–H groups in total. The number of Topliss-reactive ketones (excluding diaryl/α,β-unsaturated/α-hetero) is 1. The minimum atomic E-state index is -3.99. The Balaban J connectivity index is 2.45. The summed E-state index contributed by atoms with van der Waals surface area (Å²) in [4.78, 5) is 23.0. The molecular weight excluding hydrogens is 390 g/mol. The lowest BCUT2D eigenvalue weighted by molar-refractivity contribution is -0.120. The molecule has 0 atom stereocenters. The van der Waals surface area contributed by atoms with Crippen molar-refractivity contribution in [2.24, 2.45) is 0 Å². The van der Waals surface area contributed by atoms with E-state index in [1.807, 2.05) is 0 Å². The summed E-state index contributed by atoms with van der Waals surface area (Å²) in [7, 11) is -3.99. The number of rotatable bonds is 8. The van der Waals surface area contributed by atoms with Gasteiger partial charge in [0.2, 0.25) is 0 Å². The number of esters is 1. The monoisotopic (exact) mass is 407 g/mol. The molecule has 0 amide bonds. The number of hydrogen-bond donors (Lipinski definition) is 0. The Morgan fingerprint density at radius 2 is 1.85 bits per heavy atom. The maximum Gasteiger partial charge on any atom is 0.340 e. The Hall–Kier alpha value is -2.64. The van der Waals surface area contributed by atoms with Gasteiger partial charge in [0.15, 0.2) is 5.78 Å². The fourth-order valence-electron chi connectivity index (χ4n) is 2.25. The van der Waals surface area contributed by atoms with Crippen LogP contribution in [0.5, 0.6) is 0 Å². The van der Waals surface area contributed by atoms with Gasteiger partial charge in [-0.05, 0) is 37.3 Å². The van der Waals surface area contributed by atoms with Crippen LogP contribution in [-0.4, -0.2) is 33.3 Å². The topological polar surface area (TPSA) is 80.8 Å². The molecule has 27 heavy (non-hydrogen) atoms. The van der Waals surface area contributed by atoms with Gasteiger partial charge >= 0.3 is 5.97 Å². The molecule has 0 spiro atoms. The molecule has 2 rings (SSSR count). The van der Waals surface area contributed by atoms with Crippen LogP contribution in [0.25, 0.3) is 0 Å². The first-order chi connectivity index (χ1) is 12.8. The van der Waals surface area contributed by atoms with Gasteiger partial charge in [0.05, 0.1) is 27.7 Å². The number of carbonyl (C=O) groups is 2. The third kappa shape index (κ3) is 4.96. The Morgan fingerprint density at radius 1 is 1.19 bits per heavy atom. The molecule has 0 aliphatic rings. The lowest BCUT2D eigenvalue weighted by Gasteiger charge is -2.23. The van der Waals surface area contributed by atoms with Gasteiger partial charge in [0.1, 0.15) is 6.61 Å². The summed E-state index contributed by atoms with van der Waals surface area (Å²) in [6, 6.07) is 12.2. The van der Waals surface area contributed by atoms with E-state index in [1.165, 1.54) is 25.1 Å². The van der Waals surface area contributed by atoms with Gasteiger partial charge < -0.3 is 4.74 Å². The van der Waals surface area contributed by atoms with Gasteiger partial charge in [-0.3, -0.25) is 9.10 Å². The molecule has 0 aliphatic heterocycles. The SMILES string of the molecule is C=CCN(c1ccccc1)S(=O)(=O)c1ccc(Cl)c(C(=O)OCC(C)=O)c1. The minimum Gasteiger partial charge on any atom is -0.454 e. The summed E-state index contributed by atoms with van der Waals surface area (Å²) in [6.45, 7) is 4.49. The summed E-state index contributed by atoms with van der Waals surface area (Å²) >= 11 is 6.00. The van der Waals surface area contributed by atoms with Gasteiger partial charge in [-0.2, -0.15) is 0 Å². The van der Waals surface area contributed by atoms with E-state index in [1.54, 1.807) is 30.3 Å². The van der Waals surface area contributed by atoms with Gasteiger partial charge in [-0.1, -0.05) is 35.9 Å². The van der Waals surface area contributed by atoms with Crippen LogP contribution in [0.2, 0.25) is 5.02 Å². The minimum absolute atomic E-state index is 0.0254. The fraction of sp³-hybridized carbons (Fsp3) is 0.158. The first-order valence-corrected chi connectivity index (χ1v) is 9.74. The van der Waals surface area contributed by atoms with Gasteiger partial charge in [-0.25, -0.2) is 13.2 Å². The number of benzene rings is 2. The molecule has 142 valence electrons. The number of para-hydroxylation sites is 1. The van der Waals surface area contributed by atoms with E-state index in [4.69, 9.17) is 16.3 Å². The molecule has 0 bridgehead atoms. The second kappa shape index (κ2) is 8.83. The van der Waals surface area contributed by atoms with Crippen molar-refractivity contribution < 1.29 is 22.7 Å². The third-order valence-corrected chi connectivity index (χ3v) is 5.61. The van der Waals surface area contributed by atoms with Crippen LogP contribution in [0, 0.1) is 0 Å². The molecule has 2 aromatic carbocycles. The molecule has 0 heterocycles. The van der Waals surface area contributed by atoms with Crippen molar-refractivity contribution >= 4 is 39.1 Å². The van der Waals surface area contributed by atoms with Gasteiger partial charge in [-0.15, -0.1) is 6.58 Å². The maximum atomic E-state index is 13.1. The van der Waals surface area contributed by atoms with E-state index in [0.717, 1.165) is 10.4 Å². The highest BCUT2D eigenvalue weighted by molar-refractivity contribution is 7.92.